The van der Waals surface area contributed by atoms with Gasteiger partial charge in [-0.25, -0.2) is 9.59 Å². The van der Waals surface area contributed by atoms with Crippen LogP contribution in [0.1, 0.15) is 13.3 Å². The Kier molecular flexibility index (Phi) is 3.06. The van der Waals surface area contributed by atoms with Gasteiger partial charge in [-0.05, 0) is 6.92 Å². The Morgan fingerprint density at radius 1 is 1.83 bits per heavy atom. The van der Waals surface area contributed by atoms with Crippen molar-refractivity contribution in [1.29, 1.82) is 0 Å². The van der Waals surface area contributed by atoms with Crippen molar-refractivity contribution in [2.75, 3.05) is 0 Å². The van der Waals surface area contributed by atoms with E-state index in [1.165, 1.54) is 6.92 Å². The van der Waals surface area contributed by atoms with Gasteiger partial charge >= 0.3 is 11.9 Å². The predicted molar refractivity (Wildman–Crippen MR) is 33.4 cm³/mol. The van der Waals surface area contributed by atoms with Gasteiger partial charge in [0.1, 0.15) is 0 Å². The summed E-state index contributed by atoms with van der Waals surface area (Å²) in [6, 6.07) is -0.545. The van der Waals surface area contributed by atoms with Gasteiger partial charge in [0.05, 0.1) is 6.42 Å². The number of carboxylic acid groups (broad SMARTS) is 1. The van der Waals surface area contributed by atoms with Gasteiger partial charge in [-0.2, -0.15) is 0 Å². The van der Waals surface area contributed by atoms with Crippen LogP contribution in [0.4, 0.5) is 0 Å². The topological polar surface area (TPSA) is 91.2 Å². The van der Waals surface area contributed by atoms with Gasteiger partial charge in [-0.3, -0.25) is 0 Å². The van der Waals surface area contributed by atoms with Crippen molar-refractivity contribution in [3.8, 4) is 0 Å². The highest BCUT2D eigenvalue weighted by Crippen LogP contribution is 2.24. The maximum atomic E-state index is 10.7. The molecule has 70 valence electrons. The van der Waals surface area contributed by atoms with Gasteiger partial charge in [-0.1, -0.05) is 0 Å². The van der Waals surface area contributed by atoms with Crippen LogP contribution in [-0.2, 0) is 14.3 Å². The largest absolute Gasteiger partial charge is 1.00 e. The average Bonchev–Trinajstić information content (AvgIpc) is 2.09. The van der Waals surface area contributed by atoms with Crippen LogP contribution in [0.15, 0.2) is 0 Å². The van der Waals surface area contributed by atoms with Crippen LogP contribution in [0.2, 0.25) is 0 Å². The number of halogens is 1. The number of quaternary nitrogens is 1. The molecule has 1 rings (SSSR count). The van der Waals surface area contributed by atoms with E-state index in [-0.39, 0.29) is 18.8 Å². The van der Waals surface area contributed by atoms with Crippen molar-refractivity contribution >= 4 is 11.9 Å². The fourth-order valence-corrected chi connectivity index (χ4v) is 1.03. The Bertz CT molecular complexity index is 218. The molecule has 0 aromatic carbocycles. The number of aliphatic carboxylic acids is 1. The van der Waals surface area contributed by atoms with Crippen LogP contribution in [0.3, 0.4) is 0 Å². The number of carboxylic acids is 1. The minimum absolute atomic E-state index is 0. The molecular weight excluding hydrogens is 186 g/mol. The molecule has 0 saturated carbocycles. The first kappa shape index (κ1) is 11.2. The van der Waals surface area contributed by atoms with Crippen LogP contribution in [-0.4, -0.2) is 28.7 Å². The van der Waals surface area contributed by atoms with Crippen molar-refractivity contribution in [1.82, 2.24) is 0 Å². The first-order valence-corrected chi connectivity index (χ1v) is 3.25. The second-order valence-electron chi connectivity index (χ2n) is 2.86. The standard InChI is InChI=1S/C6H9NO4.ClH/c1-6(5(9)10)2-3(7)4(8)11-6;/h3H,2,7H2,1H3,(H,9,10);1H/t3-,6+;/m0./s1. The molecule has 0 radical (unpaired) electrons. The SMILES string of the molecule is C[C@]1(C(=O)O)C[C@H]([NH3+])C(=O)O1.[Cl-]. The molecule has 6 heteroatoms. The quantitative estimate of drug-likeness (QED) is 0.412. The molecule has 2 atom stereocenters. The van der Waals surface area contributed by atoms with Gasteiger partial charge in [0, 0.05) is 0 Å². The first-order valence-electron chi connectivity index (χ1n) is 3.25. The molecule has 0 unspecified atom stereocenters. The third-order valence-corrected chi connectivity index (χ3v) is 1.75. The fourth-order valence-electron chi connectivity index (χ4n) is 1.03. The lowest BCUT2D eigenvalue weighted by atomic mass is 10.0. The molecule has 0 spiro atoms. The zero-order chi connectivity index (χ0) is 8.65. The maximum absolute atomic E-state index is 10.7. The number of cyclic esters (lactones) is 1. The number of hydrogen-bond acceptors (Lipinski definition) is 3. The van der Waals surface area contributed by atoms with E-state index in [1.807, 2.05) is 0 Å². The number of carbonyl (C=O) groups is 2. The molecule has 1 fully saturated rings. The second kappa shape index (κ2) is 3.28. The lowest BCUT2D eigenvalue weighted by molar-refractivity contribution is -0.402. The Morgan fingerprint density at radius 3 is 2.50 bits per heavy atom. The minimum Gasteiger partial charge on any atom is -1.00 e. The molecule has 0 aliphatic carbocycles. The summed E-state index contributed by atoms with van der Waals surface area (Å²) in [5, 5.41) is 8.60. The Hall–Kier alpha value is -0.810. The molecule has 0 bridgehead atoms. The molecular formula is C6H10ClNO4. The van der Waals surface area contributed by atoms with Crippen LogP contribution in [0, 0.1) is 0 Å². The van der Waals surface area contributed by atoms with Crippen molar-refractivity contribution in [2.24, 2.45) is 0 Å². The highest BCUT2D eigenvalue weighted by atomic mass is 35.5. The molecule has 0 aromatic rings. The minimum atomic E-state index is -1.36. The van der Waals surface area contributed by atoms with Crippen LogP contribution in [0.25, 0.3) is 0 Å². The molecule has 12 heavy (non-hydrogen) atoms. The summed E-state index contributed by atoms with van der Waals surface area (Å²) in [4.78, 5) is 21.3. The van der Waals surface area contributed by atoms with Gasteiger partial charge in [0.2, 0.25) is 5.60 Å². The van der Waals surface area contributed by atoms with E-state index in [9.17, 15) is 9.59 Å². The number of rotatable bonds is 1. The fraction of sp³-hybridized carbons (Fsp3) is 0.667. The van der Waals surface area contributed by atoms with E-state index in [0.717, 1.165) is 0 Å². The molecule has 1 aliphatic rings. The van der Waals surface area contributed by atoms with E-state index in [0.29, 0.717) is 0 Å². The van der Waals surface area contributed by atoms with Crippen LogP contribution >= 0.6 is 0 Å². The summed E-state index contributed by atoms with van der Waals surface area (Å²) in [7, 11) is 0. The molecule has 1 aliphatic heterocycles. The van der Waals surface area contributed by atoms with E-state index >= 15 is 0 Å². The smallest absolute Gasteiger partial charge is 0.366 e. The van der Waals surface area contributed by atoms with E-state index in [4.69, 9.17) is 5.11 Å². The normalized spacial score (nSPS) is 33.8. The molecule has 0 aromatic heterocycles. The van der Waals surface area contributed by atoms with Gasteiger partial charge < -0.3 is 28.0 Å². The van der Waals surface area contributed by atoms with Crippen LogP contribution < -0.4 is 18.1 Å². The average molecular weight is 196 g/mol. The molecule has 1 heterocycles. The molecule has 4 N–H and O–H groups in total. The summed E-state index contributed by atoms with van der Waals surface area (Å²) in [5.41, 5.74) is 2.10. The summed E-state index contributed by atoms with van der Waals surface area (Å²) in [6.07, 6.45) is 0.154. The van der Waals surface area contributed by atoms with Gasteiger partial charge in [0.25, 0.3) is 0 Å². The van der Waals surface area contributed by atoms with Crippen molar-refractivity contribution in [3.05, 3.63) is 0 Å². The number of carbonyl (C=O) groups excluding carboxylic acids is 1. The molecule has 5 nitrogen and oxygen atoms in total. The van der Waals surface area contributed by atoms with Crippen LogP contribution in [0.5, 0.6) is 0 Å². The van der Waals surface area contributed by atoms with E-state index < -0.39 is 23.6 Å². The lowest BCUT2D eigenvalue weighted by Gasteiger charge is -2.14. The summed E-state index contributed by atoms with van der Waals surface area (Å²) in [5.74, 6) is -1.65. The lowest BCUT2D eigenvalue weighted by Crippen LogP contribution is -3.00. The van der Waals surface area contributed by atoms with Gasteiger partial charge in [0.15, 0.2) is 6.04 Å². The van der Waals surface area contributed by atoms with Crippen molar-refractivity contribution in [3.63, 3.8) is 0 Å². The third-order valence-electron chi connectivity index (χ3n) is 1.75. The van der Waals surface area contributed by atoms with E-state index in [2.05, 4.69) is 10.5 Å². The second-order valence-corrected chi connectivity index (χ2v) is 2.86. The predicted octanol–water partition coefficient (Wildman–Crippen LogP) is -4.61. The van der Waals surface area contributed by atoms with Crippen molar-refractivity contribution < 1.29 is 37.6 Å². The zero-order valence-corrected chi connectivity index (χ0v) is 7.30. The first-order chi connectivity index (χ1) is 4.96. The summed E-state index contributed by atoms with van der Waals surface area (Å²) in [6.45, 7) is 1.37. The zero-order valence-electron chi connectivity index (χ0n) is 6.54. The molecule has 1 saturated heterocycles. The monoisotopic (exact) mass is 195 g/mol. The Morgan fingerprint density at radius 2 is 2.33 bits per heavy atom. The highest BCUT2D eigenvalue weighted by molar-refractivity contribution is 5.87. The Labute approximate surface area is 75.3 Å². The Balaban J connectivity index is 0.00000121. The van der Waals surface area contributed by atoms with Crippen molar-refractivity contribution in [2.45, 2.75) is 25.0 Å². The number of esters is 1. The maximum Gasteiger partial charge on any atom is 0.366 e. The number of ether oxygens (including phenoxy) is 1. The third kappa shape index (κ3) is 1.67. The summed E-state index contributed by atoms with van der Waals surface area (Å²) < 4.78 is 4.62. The molecule has 0 amide bonds. The van der Waals surface area contributed by atoms with Gasteiger partial charge in [-0.15, -0.1) is 0 Å². The number of hydrogen-bond donors (Lipinski definition) is 2. The highest BCUT2D eigenvalue weighted by Gasteiger charge is 2.49. The summed E-state index contributed by atoms with van der Waals surface area (Å²) >= 11 is 0. The van der Waals surface area contributed by atoms with E-state index in [1.54, 1.807) is 0 Å².